The SMILES string of the molecule is COCCCCNS(=O)(=O)c1cc(Cl)ccc1N. The first-order valence-electron chi connectivity index (χ1n) is 5.51. The second kappa shape index (κ2) is 6.94. The molecular weight excluding hydrogens is 276 g/mol. The standard InChI is InChI=1S/C11H17ClN2O3S/c1-17-7-3-2-6-14-18(15,16)11-8-9(12)4-5-10(11)13/h4-5,8,14H,2-3,6-7,13H2,1H3. The van der Waals surface area contributed by atoms with Crippen LogP contribution in [0.4, 0.5) is 5.69 Å². The Kier molecular flexibility index (Phi) is 5.87. The van der Waals surface area contributed by atoms with Crippen LogP contribution >= 0.6 is 11.6 Å². The van der Waals surface area contributed by atoms with Crippen LogP contribution in [-0.2, 0) is 14.8 Å². The molecule has 18 heavy (non-hydrogen) atoms. The number of rotatable bonds is 7. The van der Waals surface area contributed by atoms with Crippen molar-refractivity contribution in [3.8, 4) is 0 Å². The molecular formula is C11H17ClN2O3S. The number of methoxy groups -OCH3 is 1. The number of nitrogens with two attached hydrogens (primary N) is 1. The van der Waals surface area contributed by atoms with Crippen LogP contribution < -0.4 is 10.5 Å². The molecule has 0 aliphatic heterocycles. The Morgan fingerprint density at radius 1 is 1.39 bits per heavy atom. The summed E-state index contributed by atoms with van der Waals surface area (Å²) in [6.45, 7) is 0.957. The Morgan fingerprint density at radius 2 is 2.11 bits per heavy atom. The molecule has 0 unspecified atom stereocenters. The van der Waals surface area contributed by atoms with Crippen molar-refractivity contribution in [3.63, 3.8) is 0 Å². The van der Waals surface area contributed by atoms with Crippen LogP contribution in [0.3, 0.4) is 0 Å². The van der Waals surface area contributed by atoms with Gasteiger partial charge in [0.15, 0.2) is 0 Å². The molecule has 0 radical (unpaired) electrons. The Labute approximate surface area is 112 Å². The van der Waals surface area contributed by atoms with Crippen LogP contribution in [0.5, 0.6) is 0 Å². The van der Waals surface area contributed by atoms with Gasteiger partial charge in [-0.3, -0.25) is 0 Å². The van der Waals surface area contributed by atoms with Gasteiger partial charge in [-0.1, -0.05) is 11.6 Å². The summed E-state index contributed by atoms with van der Waals surface area (Å²) in [5.74, 6) is 0. The zero-order chi connectivity index (χ0) is 13.6. The molecule has 1 rings (SSSR count). The molecule has 0 aliphatic rings. The van der Waals surface area contributed by atoms with Gasteiger partial charge in [0, 0.05) is 25.3 Å². The normalized spacial score (nSPS) is 11.7. The van der Waals surface area contributed by atoms with Crippen molar-refractivity contribution in [1.82, 2.24) is 4.72 Å². The second-order valence-electron chi connectivity index (χ2n) is 3.78. The second-order valence-corrected chi connectivity index (χ2v) is 5.95. The van der Waals surface area contributed by atoms with Crippen molar-refractivity contribution in [2.75, 3.05) is 26.0 Å². The van der Waals surface area contributed by atoms with Gasteiger partial charge in [-0.05, 0) is 31.0 Å². The molecule has 1 aromatic carbocycles. The lowest BCUT2D eigenvalue weighted by molar-refractivity contribution is 0.193. The maximum absolute atomic E-state index is 12.0. The molecule has 7 heteroatoms. The van der Waals surface area contributed by atoms with Crippen LogP contribution in [-0.4, -0.2) is 28.7 Å². The molecule has 0 spiro atoms. The number of nitrogens with one attached hydrogen (secondary N) is 1. The quantitative estimate of drug-likeness (QED) is 0.591. The average Bonchev–Trinajstić information content (AvgIpc) is 2.32. The predicted molar refractivity (Wildman–Crippen MR) is 72.2 cm³/mol. The highest BCUT2D eigenvalue weighted by atomic mass is 35.5. The summed E-state index contributed by atoms with van der Waals surface area (Å²) >= 11 is 5.76. The van der Waals surface area contributed by atoms with Gasteiger partial charge >= 0.3 is 0 Å². The van der Waals surface area contributed by atoms with E-state index < -0.39 is 10.0 Å². The highest BCUT2D eigenvalue weighted by molar-refractivity contribution is 7.89. The highest BCUT2D eigenvalue weighted by Crippen LogP contribution is 2.22. The number of halogens is 1. The number of sulfonamides is 1. The van der Waals surface area contributed by atoms with Crippen molar-refractivity contribution in [3.05, 3.63) is 23.2 Å². The van der Waals surface area contributed by atoms with E-state index in [-0.39, 0.29) is 10.6 Å². The van der Waals surface area contributed by atoms with Crippen LogP contribution in [0.25, 0.3) is 0 Å². The van der Waals surface area contributed by atoms with E-state index in [1.165, 1.54) is 12.1 Å². The van der Waals surface area contributed by atoms with Gasteiger partial charge in [0.2, 0.25) is 10.0 Å². The van der Waals surface area contributed by atoms with E-state index in [2.05, 4.69) is 4.72 Å². The fourth-order valence-electron chi connectivity index (χ4n) is 1.40. The zero-order valence-corrected chi connectivity index (χ0v) is 11.7. The summed E-state index contributed by atoms with van der Waals surface area (Å²) in [7, 11) is -1.99. The Bertz CT molecular complexity index is 491. The number of nitrogen functional groups attached to an aromatic ring is 1. The van der Waals surface area contributed by atoms with E-state index >= 15 is 0 Å². The van der Waals surface area contributed by atoms with E-state index in [9.17, 15) is 8.42 Å². The summed E-state index contributed by atoms with van der Waals surface area (Å²) in [6.07, 6.45) is 1.50. The lowest BCUT2D eigenvalue weighted by atomic mass is 10.3. The van der Waals surface area contributed by atoms with Gasteiger partial charge in [0.1, 0.15) is 4.90 Å². The molecule has 0 aromatic heterocycles. The van der Waals surface area contributed by atoms with Gasteiger partial charge in [0.25, 0.3) is 0 Å². The van der Waals surface area contributed by atoms with E-state index in [0.717, 1.165) is 6.42 Å². The van der Waals surface area contributed by atoms with Gasteiger partial charge < -0.3 is 10.5 Å². The molecule has 0 heterocycles. The summed E-state index contributed by atoms with van der Waals surface area (Å²) < 4.78 is 31.3. The Balaban J connectivity index is 2.66. The van der Waals surface area contributed by atoms with E-state index in [1.54, 1.807) is 13.2 Å². The molecule has 1 aromatic rings. The van der Waals surface area contributed by atoms with Gasteiger partial charge in [-0.2, -0.15) is 0 Å². The third-order valence-electron chi connectivity index (χ3n) is 2.33. The van der Waals surface area contributed by atoms with Crippen molar-refractivity contribution in [1.29, 1.82) is 0 Å². The van der Waals surface area contributed by atoms with Crippen molar-refractivity contribution in [2.24, 2.45) is 0 Å². The Hall–Kier alpha value is -0.820. The average molecular weight is 293 g/mol. The minimum atomic E-state index is -3.60. The first-order valence-corrected chi connectivity index (χ1v) is 7.37. The smallest absolute Gasteiger partial charge is 0.242 e. The monoisotopic (exact) mass is 292 g/mol. The number of benzene rings is 1. The largest absolute Gasteiger partial charge is 0.398 e. The fourth-order valence-corrected chi connectivity index (χ4v) is 2.86. The lowest BCUT2D eigenvalue weighted by Gasteiger charge is -2.09. The van der Waals surface area contributed by atoms with Gasteiger partial charge in [-0.25, -0.2) is 13.1 Å². The van der Waals surface area contributed by atoms with Crippen molar-refractivity contribution >= 4 is 27.3 Å². The van der Waals surface area contributed by atoms with Crippen LogP contribution in [0.2, 0.25) is 5.02 Å². The highest BCUT2D eigenvalue weighted by Gasteiger charge is 2.17. The Morgan fingerprint density at radius 3 is 2.78 bits per heavy atom. The molecule has 0 atom stereocenters. The van der Waals surface area contributed by atoms with Crippen molar-refractivity contribution < 1.29 is 13.2 Å². The number of ether oxygens (including phenoxy) is 1. The molecule has 0 saturated heterocycles. The third-order valence-corrected chi connectivity index (χ3v) is 4.08. The molecule has 0 bridgehead atoms. The van der Waals surface area contributed by atoms with Gasteiger partial charge in [-0.15, -0.1) is 0 Å². The summed E-state index contributed by atoms with van der Waals surface area (Å²) in [6, 6.07) is 4.37. The first-order chi connectivity index (χ1) is 8.47. The molecule has 0 fully saturated rings. The first kappa shape index (κ1) is 15.2. The summed E-state index contributed by atoms with van der Waals surface area (Å²) in [5, 5.41) is 0.337. The fraction of sp³-hybridized carbons (Fsp3) is 0.455. The summed E-state index contributed by atoms with van der Waals surface area (Å²) in [5.41, 5.74) is 5.81. The van der Waals surface area contributed by atoms with Crippen LogP contribution in [0.15, 0.2) is 23.1 Å². The van der Waals surface area contributed by atoms with E-state index in [4.69, 9.17) is 22.1 Å². The number of unbranched alkanes of at least 4 members (excludes halogenated alkanes) is 1. The molecule has 5 nitrogen and oxygen atoms in total. The minimum absolute atomic E-state index is 0.0155. The molecule has 102 valence electrons. The van der Waals surface area contributed by atoms with E-state index in [1.807, 2.05) is 0 Å². The predicted octanol–water partition coefficient (Wildman–Crippen LogP) is 1.63. The third kappa shape index (κ3) is 4.45. The van der Waals surface area contributed by atoms with E-state index in [0.29, 0.717) is 24.6 Å². The number of hydrogen-bond donors (Lipinski definition) is 2. The maximum Gasteiger partial charge on any atom is 0.242 e. The maximum atomic E-state index is 12.0. The summed E-state index contributed by atoms with van der Waals surface area (Å²) in [4.78, 5) is 0.0155. The molecule has 0 amide bonds. The molecule has 3 N–H and O–H groups in total. The number of anilines is 1. The lowest BCUT2D eigenvalue weighted by Crippen LogP contribution is -2.25. The molecule has 0 saturated carbocycles. The van der Waals surface area contributed by atoms with Crippen molar-refractivity contribution in [2.45, 2.75) is 17.7 Å². The van der Waals surface area contributed by atoms with Gasteiger partial charge in [0.05, 0.1) is 5.69 Å². The minimum Gasteiger partial charge on any atom is -0.398 e. The van der Waals surface area contributed by atoms with Crippen LogP contribution in [0.1, 0.15) is 12.8 Å². The topological polar surface area (TPSA) is 81.4 Å². The zero-order valence-electron chi connectivity index (χ0n) is 10.1. The van der Waals surface area contributed by atoms with Crippen LogP contribution in [0, 0.1) is 0 Å². The number of hydrogen-bond acceptors (Lipinski definition) is 4. The molecule has 0 aliphatic carbocycles.